The number of hydrogen-bond acceptors (Lipinski definition) is 9. The first-order chi connectivity index (χ1) is 12.5. The zero-order valence-electron chi connectivity index (χ0n) is 14.9. The van der Waals surface area contributed by atoms with Gasteiger partial charge in [-0.2, -0.15) is 0 Å². The minimum Gasteiger partial charge on any atom is -0.756 e. The van der Waals surface area contributed by atoms with E-state index in [1.165, 1.54) is 12.7 Å². The monoisotopic (exact) mass is 405 g/mol. The fraction of sp³-hybridized carbons (Fsp3) is 0.571. The molecule has 27 heavy (non-hydrogen) atoms. The van der Waals surface area contributed by atoms with E-state index in [9.17, 15) is 14.3 Å². The van der Waals surface area contributed by atoms with E-state index in [1.54, 1.807) is 4.57 Å². The van der Waals surface area contributed by atoms with Crippen molar-refractivity contribution in [2.45, 2.75) is 44.6 Å². The molecule has 0 radical (unpaired) electrons. The van der Waals surface area contributed by atoms with E-state index in [2.05, 4.69) is 24.8 Å². The number of nitrogens with one attached hydrogen (secondary N) is 1. The number of phosphoric ester groups is 1. The predicted octanol–water partition coefficient (Wildman–Crippen LogP) is -2.26. The molecule has 4 rings (SSSR count). The van der Waals surface area contributed by atoms with E-state index in [4.69, 9.17) is 9.26 Å². The van der Waals surface area contributed by atoms with Crippen LogP contribution in [0.2, 0.25) is 0 Å². The second kappa shape index (κ2) is 8.22. The molecule has 13 heteroatoms. The molecule has 2 aromatic rings. The molecule has 4 heterocycles. The normalized spacial score (nSPS) is 29.9. The average Bonchev–Trinajstić information content (AvgIpc) is 3.17. The number of phosphoric acid groups is 1. The Morgan fingerprint density at radius 1 is 1.41 bits per heavy atom. The molecule has 0 aliphatic carbocycles. The van der Waals surface area contributed by atoms with Gasteiger partial charge in [-0.3, -0.25) is 13.9 Å². The van der Waals surface area contributed by atoms with Gasteiger partial charge in [0.15, 0.2) is 17.0 Å². The first-order valence-corrected chi connectivity index (χ1v) is 9.69. The minimum atomic E-state index is -4.27. The summed E-state index contributed by atoms with van der Waals surface area (Å²) in [6.07, 6.45) is 2.66. The summed E-state index contributed by atoms with van der Waals surface area (Å²) in [5.41, 5.74) is 0.906. The van der Waals surface area contributed by atoms with Crippen molar-refractivity contribution in [1.29, 1.82) is 0 Å². The van der Waals surface area contributed by atoms with E-state index < -0.39 is 26.3 Å². The zero-order valence-corrected chi connectivity index (χ0v) is 17.8. The SMILES string of the molecule is CCCC(=O)Nc1ncnc2c1ncn2[C@H]1C[C@H]2OP(=O)([O-])OC[C@H]2O1.[Na+]. The number of carbonyl (C=O) groups is 1. The van der Waals surface area contributed by atoms with Gasteiger partial charge in [0.1, 0.15) is 18.7 Å². The molecule has 2 fully saturated rings. The number of nitrogens with zero attached hydrogens (tertiary/aromatic N) is 4. The summed E-state index contributed by atoms with van der Waals surface area (Å²) in [6, 6.07) is 0. The summed E-state index contributed by atoms with van der Waals surface area (Å²) >= 11 is 0. The molecule has 0 aromatic carbocycles. The molecule has 1 amide bonds. The van der Waals surface area contributed by atoms with Crippen molar-refractivity contribution < 1.29 is 57.6 Å². The number of ether oxygens (including phenoxy) is 1. The van der Waals surface area contributed by atoms with Crippen LogP contribution in [0, 0.1) is 0 Å². The van der Waals surface area contributed by atoms with Crippen molar-refractivity contribution in [3.63, 3.8) is 0 Å². The molecule has 11 nitrogen and oxygen atoms in total. The van der Waals surface area contributed by atoms with Crippen molar-refractivity contribution in [3.05, 3.63) is 12.7 Å². The summed E-state index contributed by atoms with van der Waals surface area (Å²) in [7, 11) is -4.27. The quantitative estimate of drug-likeness (QED) is 0.441. The Hall–Kier alpha value is -0.910. The van der Waals surface area contributed by atoms with Gasteiger partial charge in [0.25, 0.3) is 7.82 Å². The number of aromatic nitrogens is 4. The van der Waals surface area contributed by atoms with Gasteiger partial charge in [-0.15, -0.1) is 0 Å². The smallest absolute Gasteiger partial charge is 0.756 e. The Kier molecular flexibility index (Phi) is 6.34. The Morgan fingerprint density at radius 3 is 3.00 bits per heavy atom. The van der Waals surface area contributed by atoms with E-state index in [1.807, 2.05) is 6.92 Å². The fourth-order valence-corrected chi connectivity index (χ4v) is 4.01. The Bertz CT molecular complexity index is 894. The van der Waals surface area contributed by atoms with Crippen molar-refractivity contribution in [3.8, 4) is 0 Å². The number of carbonyl (C=O) groups excluding carboxylic acids is 1. The zero-order chi connectivity index (χ0) is 18.3. The van der Waals surface area contributed by atoms with Crippen LogP contribution < -0.4 is 39.8 Å². The van der Waals surface area contributed by atoms with Gasteiger partial charge in [-0.25, -0.2) is 15.0 Å². The topological polar surface area (TPSA) is 141 Å². The van der Waals surface area contributed by atoms with Crippen LogP contribution in [0.5, 0.6) is 0 Å². The van der Waals surface area contributed by atoms with Crippen molar-refractivity contribution >= 4 is 30.7 Å². The predicted molar refractivity (Wildman–Crippen MR) is 85.8 cm³/mol. The molecule has 4 atom stereocenters. The van der Waals surface area contributed by atoms with Crippen LogP contribution in [0.4, 0.5) is 5.82 Å². The summed E-state index contributed by atoms with van der Waals surface area (Å²) in [5, 5.41) is 2.72. The molecule has 0 spiro atoms. The first-order valence-electron chi connectivity index (χ1n) is 8.23. The minimum absolute atomic E-state index is 0. The number of amides is 1. The van der Waals surface area contributed by atoms with Gasteiger partial charge in [-0.05, 0) is 6.42 Å². The summed E-state index contributed by atoms with van der Waals surface area (Å²) in [4.78, 5) is 35.9. The molecule has 0 bridgehead atoms. The number of rotatable bonds is 4. The first kappa shape index (κ1) is 20.8. The molecule has 1 N–H and O–H groups in total. The van der Waals surface area contributed by atoms with E-state index in [-0.39, 0.29) is 42.1 Å². The maximum atomic E-state index is 11.8. The third-order valence-electron chi connectivity index (χ3n) is 4.25. The van der Waals surface area contributed by atoms with Gasteiger partial charge >= 0.3 is 29.6 Å². The molecule has 2 saturated heterocycles. The average molecular weight is 405 g/mol. The van der Waals surface area contributed by atoms with Crippen LogP contribution in [-0.4, -0.2) is 44.2 Å². The van der Waals surface area contributed by atoms with Crippen LogP contribution in [0.3, 0.4) is 0 Å². The third kappa shape index (κ3) is 4.25. The molecular weight excluding hydrogens is 388 g/mol. The van der Waals surface area contributed by atoms with Crippen LogP contribution in [0.25, 0.3) is 11.2 Å². The second-order valence-electron chi connectivity index (χ2n) is 6.10. The number of fused-ring (bicyclic) bond motifs is 2. The van der Waals surface area contributed by atoms with Crippen LogP contribution in [-0.2, 0) is 23.1 Å². The molecule has 1 unspecified atom stereocenters. The van der Waals surface area contributed by atoms with E-state index >= 15 is 0 Å². The third-order valence-corrected chi connectivity index (χ3v) is 5.24. The van der Waals surface area contributed by atoms with Gasteiger partial charge in [0, 0.05) is 12.8 Å². The van der Waals surface area contributed by atoms with Crippen LogP contribution in [0.15, 0.2) is 12.7 Å². The van der Waals surface area contributed by atoms with Gasteiger partial charge < -0.3 is 24.0 Å². The summed E-state index contributed by atoms with van der Waals surface area (Å²) in [5.74, 6) is 0.174. The Balaban J connectivity index is 0.00000210. The summed E-state index contributed by atoms with van der Waals surface area (Å²) < 4.78 is 28.6. The molecule has 2 aromatic heterocycles. The molecule has 140 valence electrons. The second-order valence-corrected chi connectivity index (χ2v) is 7.46. The van der Waals surface area contributed by atoms with E-state index in [0.29, 0.717) is 29.8 Å². The van der Waals surface area contributed by atoms with Crippen molar-refractivity contribution in [2.75, 3.05) is 11.9 Å². The van der Waals surface area contributed by atoms with Gasteiger partial charge in [0.2, 0.25) is 5.91 Å². The number of hydrogen-bond donors (Lipinski definition) is 1. The molecule has 2 aliphatic rings. The Morgan fingerprint density at radius 2 is 2.22 bits per heavy atom. The summed E-state index contributed by atoms with van der Waals surface area (Å²) in [6.45, 7) is 1.83. The standard InChI is InChI=1S/C14H18N5O6P.Na/c1-2-3-10(20)18-13-12-14(16-6-15-13)19(7-17-12)11-4-8-9(24-11)5-23-26(21,22)25-8;/h6-9,11H,2-5H2,1H3,(H,21,22)(H,15,16,18,20);/q;+1/p-1/t8-,9-,11-;/m1./s1. The Labute approximate surface area is 176 Å². The van der Waals surface area contributed by atoms with Gasteiger partial charge in [0.05, 0.1) is 19.0 Å². The molecule has 0 saturated carbocycles. The maximum absolute atomic E-state index is 11.8. The molecular formula is C14H17N5NaO6P. The maximum Gasteiger partial charge on any atom is 1.00 e. The number of imidazole rings is 1. The molecule has 2 aliphatic heterocycles. The van der Waals surface area contributed by atoms with Crippen LogP contribution >= 0.6 is 7.82 Å². The van der Waals surface area contributed by atoms with E-state index in [0.717, 1.165) is 6.42 Å². The fourth-order valence-electron chi connectivity index (χ4n) is 3.07. The number of anilines is 1. The van der Waals surface area contributed by atoms with Crippen molar-refractivity contribution in [1.82, 2.24) is 19.5 Å². The van der Waals surface area contributed by atoms with Gasteiger partial charge in [-0.1, -0.05) is 6.92 Å². The van der Waals surface area contributed by atoms with Crippen molar-refractivity contribution in [2.24, 2.45) is 0 Å². The largest absolute Gasteiger partial charge is 1.00 e. The van der Waals surface area contributed by atoms with Crippen LogP contribution in [0.1, 0.15) is 32.4 Å².